The van der Waals surface area contributed by atoms with Crippen molar-refractivity contribution in [2.75, 3.05) is 11.9 Å². The number of amidine groups is 1. The monoisotopic (exact) mass is 387 g/mol. The van der Waals surface area contributed by atoms with Gasteiger partial charge in [-0.15, -0.1) is 5.10 Å². The summed E-state index contributed by atoms with van der Waals surface area (Å²) in [7, 11) is 0. The molecule has 0 spiro atoms. The molecule has 0 atom stereocenters. The summed E-state index contributed by atoms with van der Waals surface area (Å²) in [6.45, 7) is 2.15. The maximum Gasteiger partial charge on any atom is 0.333 e. The predicted octanol–water partition coefficient (Wildman–Crippen LogP) is 3.27. The summed E-state index contributed by atoms with van der Waals surface area (Å²) >= 11 is 0. The second-order valence-corrected chi connectivity index (χ2v) is 6.52. The van der Waals surface area contributed by atoms with Crippen molar-refractivity contribution in [3.63, 3.8) is 0 Å². The van der Waals surface area contributed by atoms with E-state index in [0.717, 1.165) is 29.8 Å². The van der Waals surface area contributed by atoms with Gasteiger partial charge in [-0.1, -0.05) is 0 Å². The predicted molar refractivity (Wildman–Crippen MR) is 98.0 cm³/mol. The van der Waals surface area contributed by atoms with Gasteiger partial charge in [-0.25, -0.2) is 13.9 Å². The van der Waals surface area contributed by atoms with Crippen LogP contribution < -0.4 is 5.32 Å². The molecule has 2 N–H and O–H groups in total. The van der Waals surface area contributed by atoms with Crippen LogP contribution in [0.25, 0.3) is 5.52 Å². The molecule has 0 saturated carbocycles. The third-order valence-corrected chi connectivity index (χ3v) is 4.32. The molecule has 0 bridgehead atoms. The molecule has 4 rings (SSSR count). The van der Waals surface area contributed by atoms with Gasteiger partial charge in [0.25, 0.3) is 0 Å². The molecule has 0 radical (unpaired) electrons. The molecule has 0 unspecified atom stereocenters. The molecule has 1 aliphatic rings. The highest BCUT2D eigenvalue weighted by Crippen LogP contribution is 2.34. The van der Waals surface area contributed by atoms with Crippen molar-refractivity contribution in [2.24, 2.45) is 4.99 Å². The molecule has 3 heterocycles. The SMILES string of the molecule is CC1=CC(Nc2nc(C(F)(F)c3ccc(F)cc3)nn3cc(CO)cc23)=NC1. The Hall–Kier alpha value is -3.20. The van der Waals surface area contributed by atoms with Crippen molar-refractivity contribution in [3.8, 4) is 0 Å². The zero-order valence-electron chi connectivity index (χ0n) is 14.8. The molecule has 1 aliphatic heterocycles. The van der Waals surface area contributed by atoms with Crippen LogP contribution in [-0.2, 0) is 12.5 Å². The lowest BCUT2D eigenvalue weighted by Gasteiger charge is -2.17. The fourth-order valence-electron chi connectivity index (χ4n) is 2.88. The Morgan fingerprint density at radius 1 is 1.25 bits per heavy atom. The molecule has 6 nitrogen and oxygen atoms in total. The van der Waals surface area contributed by atoms with E-state index in [1.807, 2.05) is 6.92 Å². The minimum atomic E-state index is -3.55. The van der Waals surface area contributed by atoms with Crippen molar-refractivity contribution in [1.29, 1.82) is 0 Å². The Morgan fingerprint density at radius 3 is 2.64 bits per heavy atom. The van der Waals surface area contributed by atoms with Gasteiger partial charge in [0.05, 0.1) is 13.2 Å². The van der Waals surface area contributed by atoms with E-state index in [2.05, 4.69) is 20.4 Å². The highest BCUT2D eigenvalue weighted by atomic mass is 19.3. The van der Waals surface area contributed by atoms with E-state index >= 15 is 8.78 Å². The maximum atomic E-state index is 15.0. The molecule has 144 valence electrons. The summed E-state index contributed by atoms with van der Waals surface area (Å²) in [5, 5.41) is 16.3. The summed E-state index contributed by atoms with van der Waals surface area (Å²) in [5.41, 5.74) is 1.52. The number of rotatable bonds is 4. The summed E-state index contributed by atoms with van der Waals surface area (Å²) in [6.07, 6.45) is 3.25. The van der Waals surface area contributed by atoms with Gasteiger partial charge in [0.2, 0.25) is 5.82 Å². The lowest BCUT2D eigenvalue weighted by Crippen LogP contribution is -2.22. The summed E-state index contributed by atoms with van der Waals surface area (Å²) in [5.74, 6) is -4.28. The second-order valence-electron chi connectivity index (χ2n) is 6.52. The number of hydrogen-bond acceptors (Lipinski definition) is 5. The first kappa shape index (κ1) is 18.2. The number of aliphatic imine (C=N–C) groups is 1. The van der Waals surface area contributed by atoms with Crippen molar-refractivity contribution >= 4 is 17.2 Å². The first-order chi connectivity index (χ1) is 13.4. The lowest BCUT2D eigenvalue weighted by molar-refractivity contribution is 0.0315. The number of alkyl halides is 2. The van der Waals surface area contributed by atoms with Crippen molar-refractivity contribution in [3.05, 3.63) is 70.9 Å². The van der Waals surface area contributed by atoms with Crippen molar-refractivity contribution in [2.45, 2.75) is 19.5 Å². The zero-order chi connectivity index (χ0) is 19.9. The van der Waals surface area contributed by atoms with Gasteiger partial charge in [-0.3, -0.25) is 4.99 Å². The third kappa shape index (κ3) is 3.24. The van der Waals surface area contributed by atoms with Gasteiger partial charge < -0.3 is 10.4 Å². The number of benzene rings is 1. The number of hydrogen-bond donors (Lipinski definition) is 2. The first-order valence-electron chi connectivity index (χ1n) is 8.50. The molecular weight excluding hydrogens is 371 g/mol. The van der Waals surface area contributed by atoms with E-state index < -0.39 is 23.1 Å². The van der Waals surface area contributed by atoms with E-state index in [-0.39, 0.29) is 12.4 Å². The third-order valence-electron chi connectivity index (χ3n) is 4.32. The smallest absolute Gasteiger partial charge is 0.333 e. The minimum Gasteiger partial charge on any atom is -0.392 e. The van der Waals surface area contributed by atoms with Crippen LogP contribution in [0.5, 0.6) is 0 Å². The average Bonchev–Trinajstić information content (AvgIpc) is 3.27. The average molecular weight is 387 g/mol. The highest BCUT2D eigenvalue weighted by Gasteiger charge is 2.39. The van der Waals surface area contributed by atoms with Crippen LogP contribution in [0.15, 0.2) is 53.2 Å². The molecule has 3 aromatic rings. The second kappa shape index (κ2) is 6.75. The summed E-state index contributed by atoms with van der Waals surface area (Å²) in [6, 6.07) is 5.52. The molecule has 9 heteroatoms. The van der Waals surface area contributed by atoms with E-state index in [1.54, 1.807) is 12.1 Å². The van der Waals surface area contributed by atoms with Crippen LogP contribution >= 0.6 is 0 Å². The maximum absolute atomic E-state index is 15.0. The standard InChI is InChI=1S/C19H16F3N5O/c1-11-6-16(23-8-11)24-17-15-7-12(10-28)9-27(15)26-18(25-17)19(21,22)13-2-4-14(20)5-3-13/h2-7,9,28H,8,10H2,1H3,(H,23,24,25,26). The fourth-order valence-corrected chi connectivity index (χ4v) is 2.88. The zero-order valence-corrected chi connectivity index (χ0v) is 14.8. The van der Waals surface area contributed by atoms with Crippen LogP contribution in [0.2, 0.25) is 0 Å². The van der Waals surface area contributed by atoms with E-state index in [1.165, 1.54) is 10.7 Å². The number of nitrogens with zero attached hydrogens (tertiary/aromatic N) is 4. The van der Waals surface area contributed by atoms with E-state index in [4.69, 9.17) is 0 Å². The van der Waals surface area contributed by atoms with Gasteiger partial charge in [0, 0.05) is 11.8 Å². The van der Waals surface area contributed by atoms with Crippen LogP contribution in [0.1, 0.15) is 23.9 Å². The van der Waals surface area contributed by atoms with Crippen LogP contribution in [0, 0.1) is 5.82 Å². The molecule has 0 amide bonds. The van der Waals surface area contributed by atoms with Crippen molar-refractivity contribution < 1.29 is 18.3 Å². The Bertz CT molecular complexity index is 1100. The van der Waals surface area contributed by atoms with Gasteiger partial charge in [-0.2, -0.15) is 8.78 Å². The van der Waals surface area contributed by atoms with Crippen LogP contribution in [0.3, 0.4) is 0 Å². The Labute approximate surface area is 158 Å². The molecular formula is C19H16F3N5O. The van der Waals surface area contributed by atoms with Crippen LogP contribution in [0.4, 0.5) is 19.0 Å². The molecule has 28 heavy (non-hydrogen) atoms. The van der Waals surface area contributed by atoms with E-state index in [9.17, 15) is 9.50 Å². The minimum absolute atomic E-state index is 0.135. The van der Waals surface area contributed by atoms with Gasteiger partial charge >= 0.3 is 5.92 Å². The summed E-state index contributed by atoms with van der Waals surface area (Å²) in [4.78, 5) is 8.30. The van der Waals surface area contributed by atoms with E-state index in [0.29, 0.717) is 23.5 Å². The number of aliphatic hydroxyl groups is 1. The largest absolute Gasteiger partial charge is 0.392 e. The Balaban J connectivity index is 1.83. The van der Waals surface area contributed by atoms with Gasteiger partial charge in [0.1, 0.15) is 17.2 Å². The molecule has 1 aromatic carbocycles. The normalized spacial score (nSPS) is 14.3. The van der Waals surface area contributed by atoms with Crippen molar-refractivity contribution in [1.82, 2.24) is 14.6 Å². The Kier molecular flexibility index (Phi) is 4.38. The number of aliphatic hydroxyl groups excluding tert-OH is 1. The first-order valence-corrected chi connectivity index (χ1v) is 8.50. The fraction of sp³-hybridized carbons (Fsp3) is 0.211. The molecule has 2 aromatic heterocycles. The van der Waals surface area contributed by atoms with Crippen LogP contribution in [-0.4, -0.2) is 32.1 Å². The number of halogens is 3. The molecule has 0 aliphatic carbocycles. The van der Waals surface area contributed by atoms with Gasteiger partial charge in [0.15, 0.2) is 5.82 Å². The molecule has 0 saturated heterocycles. The van der Waals surface area contributed by atoms with Gasteiger partial charge in [-0.05, 0) is 54.5 Å². The number of anilines is 1. The molecule has 0 fully saturated rings. The quantitative estimate of drug-likeness (QED) is 0.721. The summed E-state index contributed by atoms with van der Waals surface area (Å²) < 4.78 is 44.4. The lowest BCUT2D eigenvalue weighted by atomic mass is 10.1. The highest BCUT2D eigenvalue weighted by molar-refractivity contribution is 6.06. The number of fused-ring (bicyclic) bond motifs is 1. The Morgan fingerprint density at radius 2 is 2.00 bits per heavy atom. The number of nitrogens with one attached hydrogen (secondary N) is 1. The number of aromatic nitrogens is 3. The topological polar surface area (TPSA) is 74.8 Å².